The van der Waals surface area contributed by atoms with Gasteiger partial charge in [-0.25, -0.2) is 9.82 Å². The Bertz CT molecular complexity index is 1360. The molecule has 0 aliphatic carbocycles. The molecule has 40 heavy (non-hydrogen) atoms. The summed E-state index contributed by atoms with van der Waals surface area (Å²) < 4.78 is 25.0. The smallest absolute Gasteiger partial charge is 0.262 e. The van der Waals surface area contributed by atoms with E-state index in [-0.39, 0.29) is 18.2 Å². The lowest BCUT2D eigenvalue weighted by atomic mass is 10.0. The number of amides is 3. The van der Waals surface area contributed by atoms with Crippen LogP contribution in [-0.2, 0) is 9.59 Å². The molecule has 3 amide bonds. The normalized spacial score (nSPS) is 11.7. The van der Waals surface area contributed by atoms with Crippen molar-refractivity contribution in [3.63, 3.8) is 0 Å². The van der Waals surface area contributed by atoms with Crippen LogP contribution in [0.15, 0.2) is 71.8 Å². The molecule has 3 aromatic rings. The predicted octanol–water partition coefficient (Wildman–Crippen LogP) is 4.80. The van der Waals surface area contributed by atoms with E-state index < -0.39 is 29.6 Å². The molecule has 1 atom stereocenters. The standard InChI is InChI=1S/C29H30ClFN4O5/c1-4-39-25-15-19(9-14-24(25)40-17-26(36)33-23-8-6-5-7-22(23)31)16-32-35-29(38)27(18(2)3)34-28(37)20-10-12-21(30)13-11-20/h5-16,18,27H,4,17H2,1-3H3,(H,33,36)(H,34,37)(H,35,38)/b32-16+. The molecule has 0 fully saturated rings. The van der Waals surface area contributed by atoms with E-state index in [1.54, 1.807) is 69.3 Å². The third kappa shape index (κ3) is 8.81. The number of hydrogen-bond donors (Lipinski definition) is 3. The summed E-state index contributed by atoms with van der Waals surface area (Å²) in [5.74, 6) is -1.53. The van der Waals surface area contributed by atoms with Gasteiger partial charge in [0, 0.05) is 10.6 Å². The van der Waals surface area contributed by atoms with Crippen LogP contribution >= 0.6 is 11.6 Å². The molecule has 0 saturated carbocycles. The molecule has 0 bridgehead atoms. The topological polar surface area (TPSA) is 118 Å². The minimum absolute atomic E-state index is 0.0546. The van der Waals surface area contributed by atoms with Gasteiger partial charge in [0.2, 0.25) is 0 Å². The fourth-order valence-electron chi connectivity index (χ4n) is 3.49. The highest BCUT2D eigenvalue weighted by Crippen LogP contribution is 2.28. The minimum Gasteiger partial charge on any atom is -0.490 e. The lowest BCUT2D eigenvalue weighted by Crippen LogP contribution is -2.48. The van der Waals surface area contributed by atoms with Crippen molar-refractivity contribution in [2.24, 2.45) is 11.0 Å². The summed E-state index contributed by atoms with van der Waals surface area (Å²) >= 11 is 5.87. The van der Waals surface area contributed by atoms with Crippen LogP contribution < -0.4 is 25.5 Å². The summed E-state index contributed by atoms with van der Waals surface area (Å²) in [7, 11) is 0. The Labute approximate surface area is 236 Å². The van der Waals surface area contributed by atoms with Crippen LogP contribution in [0, 0.1) is 11.7 Å². The molecule has 3 N–H and O–H groups in total. The Morgan fingerprint density at radius 3 is 2.40 bits per heavy atom. The third-order valence-corrected chi connectivity index (χ3v) is 5.76. The minimum atomic E-state index is -0.828. The van der Waals surface area contributed by atoms with E-state index in [2.05, 4.69) is 21.2 Å². The Balaban J connectivity index is 1.60. The molecule has 210 valence electrons. The number of para-hydroxylation sites is 1. The number of nitrogens with zero attached hydrogens (tertiary/aromatic N) is 1. The van der Waals surface area contributed by atoms with Gasteiger partial charge in [0.05, 0.1) is 18.5 Å². The molecule has 0 aliphatic rings. The molecule has 0 aliphatic heterocycles. The molecule has 0 heterocycles. The van der Waals surface area contributed by atoms with Crippen molar-refractivity contribution in [3.8, 4) is 11.5 Å². The van der Waals surface area contributed by atoms with Gasteiger partial charge < -0.3 is 20.1 Å². The second kappa shape index (κ2) is 14.6. The molecule has 0 saturated heterocycles. The van der Waals surface area contributed by atoms with E-state index in [1.165, 1.54) is 24.4 Å². The Kier molecular flexibility index (Phi) is 11.0. The molecule has 0 aromatic heterocycles. The number of nitrogens with one attached hydrogen (secondary N) is 3. The van der Waals surface area contributed by atoms with E-state index >= 15 is 0 Å². The van der Waals surface area contributed by atoms with Gasteiger partial charge in [-0.2, -0.15) is 5.10 Å². The number of halogens is 2. The third-order valence-electron chi connectivity index (χ3n) is 5.50. The number of hydrogen-bond acceptors (Lipinski definition) is 6. The van der Waals surface area contributed by atoms with Gasteiger partial charge >= 0.3 is 0 Å². The van der Waals surface area contributed by atoms with E-state index in [0.29, 0.717) is 34.3 Å². The maximum atomic E-state index is 13.8. The van der Waals surface area contributed by atoms with Gasteiger partial charge in [-0.05, 0) is 73.0 Å². The fraction of sp³-hybridized carbons (Fsp3) is 0.241. The first kappa shape index (κ1) is 30.1. The maximum absolute atomic E-state index is 13.8. The number of carbonyl (C=O) groups is 3. The highest BCUT2D eigenvalue weighted by Gasteiger charge is 2.24. The summed E-state index contributed by atoms with van der Waals surface area (Å²) in [6, 6.07) is 16.2. The van der Waals surface area contributed by atoms with Gasteiger partial charge in [0.1, 0.15) is 11.9 Å². The largest absolute Gasteiger partial charge is 0.490 e. The van der Waals surface area contributed by atoms with Crippen LogP contribution in [0.4, 0.5) is 10.1 Å². The van der Waals surface area contributed by atoms with Crippen LogP contribution in [-0.4, -0.2) is 43.2 Å². The van der Waals surface area contributed by atoms with Crippen LogP contribution in [0.3, 0.4) is 0 Å². The molecule has 0 radical (unpaired) electrons. The quantitative estimate of drug-likeness (QED) is 0.214. The van der Waals surface area contributed by atoms with Gasteiger partial charge in [0.15, 0.2) is 18.1 Å². The second-order valence-corrected chi connectivity index (χ2v) is 9.33. The first-order chi connectivity index (χ1) is 19.2. The number of rotatable bonds is 12. The molecule has 0 spiro atoms. The number of ether oxygens (including phenoxy) is 2. The van der Waals surface area contributed by atoms with Crippen molar-refractivity contribution in [1.29, 1.82) is 0 Å². The zero-order valence-electron chi connectivity index (χ0n) is 22.2. The molecular formula is C29H30ClFN4O5. The van der Waals surface area contributed by atoms with Gasteiger partial charge in [-0.3, -0.25) is 14.4 Å². The highest BCUT2D eigenvalue weighted by atomic mass is 35.5. The van der Waals surface area contributed by atoms with Crippen molar-refractivity contribution < 1.29 is 28.2 Å². The predicted molar refractivity (Wildman–Crippen MR) is 151 cm³/mol. The highest BCUT2D eigenvalue weighted by molar-refractivity contribution is 6.30. The summed E-state index contributed by atoms with van der Waals surface area (Å²) in [5, 5.41) is 9.68. The summed E-state index contributed by atoms with van der Waals surface area (Å²) in [6.45, 7) is 5.37. The molecule has 9 nitrogen and oxygen atoms in total. The monoisotopic (exact) mass is 568 g/mol. The summed E-state index contributed by atoms with van der Waals surface area (Å²) in [4.78, 5) is 37.5. The van der Waals surface area contributed by atoms with Crippen molar-refractivity contribution in [3.05, 3.63) is 88.7 Å². The van der Waals surface area contributed by atoms with Gasteiger partial charge in [0.25, 0.3) is 17.7 Å². The van der Waals surface area contributed by atoms with Crippen LogP contribution in [0.25, 0.3) is 0 Å². The Hall–Kier alpha value is -4.44. The Morgan fingerprint density at radius 2 is 1.73 bits per heavy atom. The first-order valence-corrected chi connectivity index (χ1v) is 12.9. The van der Waals surface area contributed by atoms with Crippen molar-refractivity contribution in [1.82, 2.24) is 10.7 Å². The zero-order valence-corrected chi connectivity index (χ0v) is 23.0. The summed E-state index contributed by atoms with van der Waals surface area (Å²) in [5.41, 5.74) is 3.46. The van der Waals surface area contributed by atoms with Crippen molar-refractivity contribution >= 4 is 41.2 Å². The van der Waals surface area contributed by atoms with Crippen LogP contribution in [0.2, 0.25) is 5.02 Å². The molecular weight excluding hydrogens is 539 g/mol. The molecule has 1 unspecified atom stereocenters. The lowest BCUT2D eigenvalue weighted by Gasteiger charge is -2.20. The first-order valence-electron chi connectivity index (χ1n) is 12.5. The van der Waals surface area contributed by atoms with E-state index in [9.17, 15) is 18.8 Å². The van der Waals surface area contributed by atoms with Crippen molar-refractivity contribution in [2.45, 2.75) is 26.8 Å². The lowest BCUT2D eigenvalue weighted by molar-refractivity contribution is -0.124. The Morgan fingerprint density at radius 1 is 1.00 bits per heavy atom. The van der Waals surface area contributed by atoms with Crippen LogP contribution in [0.5, 0.6) is 11.5 Å². The molecule has 11 heteroatoms. The average Bonchev–Trinajstić information content (AvgIpc) is 2.92. The van der Waals surface area contributed by atoms with Crippen molar-refractivity contribution in [2.75, 3.05) is 18.5 Å². The average molecular weight is 569 g/mol. The number of hydrazone groups is 1. The number of carbonyl (C=O) groups excluding carboxylic acids is 3. The van der Waals surface area contributed by atoms with Crippen LogP contribution in [0.1, 0.15) is 36.7 Å². The number of anilines is 1. The zero-order chi connectivity index (χ0) is 29.1. The number of benzene rings is 3. The molecule has 3 rings (SSSR count). The molecule has 3 aromatic carbocycles. The van der Waals surface area contributed by atoms with Gasteiger partial charge in [-0.15, -0.1) is 0 Å². The van der Waals surface area contributed by atoms with E-state index in [1.807, 2.05) is 0 Å². The van der Waals surface area contributed by atoms with E-state index in [4.69, 9.17) is 21.1 Å². The SMILES string of the molecule is CCOc1cc(/C=N/NC(=O)C(NC(=O)c2ccc(Cl)cc2)C(C)C)ccc1OCC(=O)Nc1ccccc1F. The summed E-state index contributed by atoms with van der Waals surface area (Å²) in [6.07, 6.45) is 1.41. The van der Waals surface area contributed by atoms with E-state index in [0.717, 1.165) is 0 Å². The fourth-order valence-corrected chi connectivity index (χ4v) is 3.61. The van der Waals surface area contributed by atoms with Gasteiger partial charge in [-0.1, -0.05) is 37.6 Å². The maximum Gasteiger partial charge on any atom is 0.262 e. The second-order valence-electron chi connectivity index (χ2n) is 8.89.